The molecule has 1 aromatic heterocycles. The van der Waals surface area contributed by atoms with Crippen LogP contribution in [0, 0.1) is 17.5 Å². The molecule has 31 heavy (non-hydrogen) atoms. The second-order valence-corrected chi connectivity index (χ2v) is 7.45. The van der Waals surface area contributed by atoms with Crippen LogP contribution >= 0.6 is 11.6 Å². The van der Waals surface area contributed by atoms with E-state index in [4.69, 9.17) is 11.6 Å². The molecule has 0 radical (unpaired) electrons. The number of benzene rings is 2. The minimum atomic E-state index is -0.894. The minimum absolute atomic E-state index is 0.0208. The van der Waals surface area contributed by atoms with Crippen molar-refractivity contribution in [3.63, 3.8) is 0 Å². The molecule has 1 N–H and O–H groups in total. The Hall–Kier alpha value is -3.39. The lowest BCUT2D eigenvalue weighted by molar-refractivity contribution is -0.122. The number of nitrogens with zero attached hydrogens (tertiary/aromatic N) is 2. The Morgan fingerprint density at radius 2 is 1.94 bits per heavy atom. The van der Waals surface area contributed by atoms with Crippen LogP contribution in [0.2, 0.25) is 5.02 Å². The zero-order chi connectivity index (χ0) is 22.3. The van der Waals surface area contributed by atoms with Crippen molar-refractivity contribution in [2.75, 3.05) is 16.8 Å². The first-order valence-corrected chi connectivity index (χ1v) is 9.64. The van der Waals surface area contributed by atoms with Gasteiger partial charge in [0.05, 0.1) is 22.3 Å². The van der Waals surface area contributed by atoms with E-state index < -0.39 is 41.7 Å². The Balaban J connectivity index is 1.75. The summed E-state index contributed by atoms with van der Waals surface area (Å²) >= 11 is 5.64. The van der Waals surface area contributed by atoms with Gasteiger partial charge in [-0.05, 0) is 37.3 Å². The highest BCUT2D eigenvalue weighted by Crippen LogP contribution is 2.41. The maximum absolute atomic E-state index is 14.8. The first-order chi connectivity index (χ1) is 14.8. The summed E-state index contributed by atoms with van der Waals surface area (Å²) in [6.45, 7) is 1.03. The summed E-state index contributed by atoms with van der Waals surface area (Å²) in [5.41, 5.74) is 0.685. The predicted molar refractivity (Wildman–Crippen MR) is 110 cm³/mol. The van der Waals surface area contributed by atoms with Crippen LogP contribution in [-0.2, 0) is 9.59 Å². The number of carbonyl (C=O) groups excluding carboxylic acids is 2. The maximum Gasteiger partial charge on any atom is 0.244 e. The van der Waals surface area contributed by atoms with Crippen molar-refractivity contribution in [3.8, 4) is 11.1 Å². The van der Waals surface area contributed by atoms with Crippen molar-refractivity contribution < 1.29 is 22.8 Å². The van der Waals surface area contributed by atoms with Crippen molar-refractivity contribution in [1.29, 1.82) is 0 Å². The van der Waals surface area contributed by atoms with E-state index >= 15 is 0 Å². The average molecular weight is 446 g/mol. The van der Waals surface area contributed by atoms with Crippen LogP contribution < -0.4 is 10.2 Å². The van der Waals surface area contributed by atoms with E-state index in [2.05, 4.69) is 10.3 Å². The molecule has 158 valence electrons. The molecule has 0 aliphatic carbocycles. The fraction of sp³-hybridized carbons (Fsp3) is 0.136. The smallest absolute Gasteiger partial charge is 0.244 e. The highest BCUT2D eigenvalue weighted by atomic mass is 35.5. The van der Waals surface area contributed by atoms with Gasteiger partial charge in [-0.3, -0.25) is 14.6 Å². The van der Waals surface area contributed by atoms with Gasteiger partial charge in [-0.25, -0.2) is 13.2 Å². The molecule has 2 aromatic carbocycles. The number of carbonyl (C=O) groups is 2. The normalized spacial score (nSPS) is 15.2. The van der Waals surface area contributed by atoms with Crippen LogP contribution in [0.5, 0.6) is 0 Å². The standard InChI is InChI=1S/C22H15ClF3N3O2/c1-11-21-14(3-2-6-27-21)20-17(26)7-12(24)8-18(20)29(22(11)31)10-19(30)28-13-4-5-15(23)16(25)9-13/h2-9,11H,10H2,1H3,(H,28,30)/t11-/m1/s1. The molecule has 1 aliphatic rings. The van der Waals surface area contributed by atoms with Gasteiger partial charge in [0, 0.05) is 29.1 Å². The lowest BCUT2D eigenvalue weighted by Crippen LogP contribution is -2.40. The van der Waals surface area contributed by atoms with Crippen molar-refractivity contribution in [1.82, 2.24) is 4.98 Å². The number of halogens is 4. The molecule has 5 nitrogen and oxygen atoms in total. The van der Waals surface area contributed by atoms with Crippen molar-refractivity contribution in [3.05, 3.63) is 76.8 Å². The van der Waals surface area contributed by atoms with Crippen LogP contribution in [0.3, 0.4) is 0 Å². The summed E-state index contributed by atoms with van der Waals surface area (Å²) in [5, 5.41) is 2.35. The summed E-state index contributed by atoms with van der Waals surface area (Å²) in [6, 6.07) is 8.58. The molecule has 9 heteroatoms. The molecule has 2 heterocycles. The third-order valence-electron chi connectivity index (χ3n) is 4.98. The van der Waals surface area contributed by atoms with Gasteiger partial charge >= 0.3 is 0 Å². The lowest BCUT2D eigenvalue weighted by atomic mass is 9.97. The average Bonchev–Trinajstić information content (AvgIpc) is 2.80. The minimum Gasteiger partial charge on any atom is -0.324 e. The summed E-state index contributed by atoms with van der Waals surface area (Å²) in [6.07, 6.45) is 1.47. The molecule has 0 saturated heterocycles. The van der Waals surface area contributed by atoms with E-state index in [9.17, 15) is 22.8 Å². The molecule has 0 bridgehead atoms. The van der Waals surface area contributed by atoms with Gasteiger partial charge in [0.15, 0.2) is 0 Å². The van der Waals surface area contributed by atoms with E-state index in [0.717, 1.165) is 17.0 Å². The van der Waals surface area contributed by atoms with Gasteiger partial charge in [0.25, 0.3) is 0 Å². The zero-order valence-electron chi connectivity index (χ0n) is 16.1. The third-order valence-corrected chi connectivity index (χ3v) is 5.29. The van der Waals surface area contributed by atoms with Gasteiger partial charge in [-0.15, -0.1) is 0 Å². The molecule has 1 aliphatic heterocycles. The second kappa shape index (κ2) is 8.03. The Labute approximate surface area is 180 Å². The molecule has 1 atom stereocenters. The molecule has 4 rings (SSSR count). The molecular weight excluding hydrogens is 431 g/mol. The first kappa shape index (κ1) is 20.9. The van der Waals surface area contributed by atoms with Crippen LogP contribution in [-0.4, -0.2) is 23.3 Å². The number of anilines is 2. The monoisotopic (exact) mass is 445 g/mol. The summed E-state index contributed by atoms with van der Waals surface area (Å²) in [7, 11) is 0. The third kappa shape index (κ3) is 3.86. The highest BCUT2D eigenvalue weighted by molar-refractivity contribution is 6.30. The Morgan fingerprint density at radius 1 is 1.16 bits per heavy atom. The number of nitrogens with one attached hydrogen (secondary N) is 1. The van der Waals surface area contributed by atoms with Crippen LogP contribution in [0.1, 0.15) is 18.5 Å². The number of pyridine rings is 1. The van der Waals surface area contributed by atoms with Crippen LogP contribution in [0.25, 0.3) is 11.1 Å². The van der Waals surface area contributed by atoms with Gasteiger partial charge in [-0.1, -0.05) is 17.7 Å². The number of rotatable bonds is 3. The Morgan fingerprint density at radius 3 is 2.68 bits per heavy atom. The zero-order valence-corrected chi connectivity index (χ0v) is 16.9. The maximum atomic E-state index is 14.8. The predicted octanol–water partition coefficient (Wildman–Crippen LogP) is 4.91. The Kier molecular flexibility index (Phi) is 5.41. The van der Waals surface area contributed by atoms with E-state index in [1.807, 2.05) is 0 Å². The van der Waals surface area contributed by atoms with Crippen LogP contribution in [0.4, 0.5) is 24.5 Å². The fourth-order valence-corrected chi connectivity index (χ4v) is 3.68. The number of fused-ring (bicyclic) bond motifs is 3. The molecule has 0 spiro atoms. The SMILES string of the molecule is C[C@H]1C(=O)N(CC(=O)Nc2ccc(Cl)c(F)c2)c2cc(F)cc(F)c2-c2cccnc21. The van der Waals surface area contributed by atoms with Gasteiger partial charge in [0.2, 0.25) is 11.8 Å². The van der Waals surface area contributed by atoms with Gasteiger partial charge < -0.3 is 10.2 Å². The molecule has 0 unspecified atom stereocenters. The number of amides is 2. The van der Waals surface area contributed by atoms with E-state index in [-0.39, 0.29) is 22.0 Å². The molecule has 3 aromatic rings. The number of aromatic nitrogens is 1. The molecule has 2 amide bonds. The number of hydrogen-bond acceptors (Lipinski definition) is 3. The first-order valence-electron chi connectivity index (χ1n) is 9.27. The lowest BCUT2D eigenvalue weighted by Gasteiger charge is -2.24. The highest BCUT2D eigenvalue weighted by Gasteiger charge is 2.35. The van der Waals surface area contributed by atoms with Crippen LogP contribution in [0.15, 0.2) is 48.7 Å². The summed E-state index contributed by atoms with van der Waals surface area (Å²) in [5.74, 6) is -4.55. The Bertz CT molecular complexity index is 1220. The molecule has 0 fully saturated rings. The summed E-state index contributed by atoms with van der Waals surface area (Å²) in [4.78, 5) is 31.0. The van der Waals surface area contributed by atoms with Crippen molar-refractivity contribution >= 4 is 34.8 Å². The molecule has 0 saturated carbocycles. The summed E-state index contributed by atoms with van der Waals surface area (Å²) < 4.78 is 42.6. The largest absolute Gasteiger partial charge is 0.324 e. The fourth-order valence-electron chi connectivity index (χ4n) is 3.56. The van der Waals surface area contributed by atoms with Crippen molar-refractivity contribution in [2.45, 2.75) is 12.8 Å². The van der Waals surface area contributed by atoms with Crippen molar-refractivity contribution in [2.24, 2.45) is 0 Å². The quantitative estimate of drug-likeness (QED) is 0.623. The van der Waals surface area contributed by atoms with Gasteiger partial charge in [0.1, 0.15) is 24.0 Å². The number of hydrogen-bond donors (Lipinski definition) is 1. The van der Waals surface area contributed by atoms with E-state index in [0.29, 0.717) is 17.3 Å². The van der Waals surface area contributed by atoms with E-state index in [1.54, 1.807) is 19.1 Å². The van der Waals surface area contributed by atoms with E-state index in [1.165, 1.54) is 18.3 Å². The van der Waals surface area contributed by atoms with Gasteiger partial charge in [-0.2, -0.15) is 0 Å². The molecular formula is C22H15ClF3N3O2. The topological polar surface area (TPSA) is 62.3 Å². The second-order valence-electron chi connectivity index (χ2n) is 7.04.